The van der Waals surface area contributed by atoms with E-state index in [0.717, 1.165) is 30.7 Å². The minimum atomic E-state index is 0.572. The van der Waals surface area contributed by atoms with E-state index in [2.05, 4.69) is 27.8 Å². The summed E-state index contributed by atoms with van der Waals surface area (Å²) in [5, 5.41) is 7.41. The maximum atomic E-state index is 10.6. The van der Waals surface area contributed by atoms with Crippen LogP contribution in [-0.4, -0.2) is 24.5 Å². The van der Waals surface area contributed by atoms with E-state index in [1.807, 2.05) is 12.3 Å². The molecule has 1 fully saturated rings. The molecule has 3 rings (SSSR count). The van der Waals surface area contributed by atoms with Crippen LogP contribution in [0.3, 0.4) is 0 Å². The largest absolute Gasteiger partial charge is 0.359 e. The molecule has 1 atom stereocenters. The zero-order valence-electron chi connectivity index (χ0n) is 10.2. The standard InChI is InChI=1S/C14H17N3O/c18-9-17-13-4-3-11(10-2-1-6-15-8-10)12-5-7-16-14(12)13/h3-5,7,9-10,15-16H,1-2,6,8H2,(H,17,18). The Morgan fingerprint density at radius 3 is 3.06 bits per heavy atom. The van der Waals surface area contributed by atoms with Gasteiger partial charge in [0.1, 0.15) is 0 Å². The van der Waals surface area contributed by atoms with E-state index in [1.54, 1.807) is 0 Å². The van der Waals surface area contributed by atoms with Crippen LogP contribution >= 0.6 is 0 Å². The second-order valence-corrected chi connectivity index (χ2v) is 4.77. The van der Waals surface area contributed by atoms with Gasteiger partial charge in [-0.15, -0.1) is 0 Å². The van der Waals surface area contributed by atoms with E-state index in [4.69, 9.17) is 0 Å². The van der Waals surface area contributed by atoms with E-state index in [1.165, 1.54) is 23.8 Å². The van der Waals surface area contributed by atoms with Crippen LogP contribution in [-0.2, 0) is 4.79 Å². The van der Waals surface area contributed by atoms with Gasteiger partial charge in [0.25, 0.3) is 0 Å². The van der Waals surface area contributed by atoms with Crippen molar-refractivity contribution in [2.75, 3.05) is 18.4 Å². The summed E-state index contributed by atoms with van der Waals surface area (Å²) in [7, 11) is 0. The molecule has 4 nitrogen and oxygen atoms in total. The van der Waals surface area contributed by atoms with Crippen molar-refractivity contribution in [3.8, 4) is 0 Å². The van der Waals surface area contributed by atoms with Crippen molar-refractivity contribution in [1.29, 1.82) is 0 Å². The number of fused-ring (bicyclic) bond motifs is 1. The number of hydrogen-bond donors (Lipinski definition) is 3. The van der Waals surface area contributed by atoms with E-state index in [9.17, 15) is 4.79 Å². The summed E-state index contributed by atoms with van der Waals surface area (Å²) in [6.07, 6.45) is 5.11. The van der Waals surface area contributed by atoms with Gasteiger partial charge >= 0.3 is 0 Å². The molecule has 1 saturated heterocycles. The topological polar surface area (TPSA) is 56.9 Å². The smallest absolute Gasteiger partial charge is 0.211 e. The lowest BCUT2D eigenvalue weighted by atomic mass is 9.89. The number of anilines is 1. The van der Waals surface area contributed by atoms with Gasteiger partial charge < -0.3 is 15.6 Å². The van der Waals surface area contributed by atoms with Crippen LogP contribution in [0.15, 0.2) is 24.4 Å². The van der Waals surface area contributed by atoms with Gasteiger partial charge in [-0.2, -0.15) is 0 Å². The van der Waals surface area contributed by atoms with Crippen molar-refractivity contribution in [2.24, 2.45) is 0 Å². The zero-order chi connectivity index (χ0) is 12.4. The second kappa shape index (κ2) is 4.82. The van der Waals surface area contributed by atoms with Gasteiger partial charge in [-0.3, -0.25) is 4.79 Å². The first-order valence-corrected chi connectivity index (χ1v) is 6.41. The minimum Gasteiger partial charge on any atom is -0.359 e. The minimum absolute atomic E-state index is 0.572. The highest BCUT2D eigenvalue weighted by Crippen LogP contribution is 2.32. The number of rotatable bonds is 3. The fourth-order valence-corrected chi connectivity index (χ4v) is 2.84. The number of H-pyrrole nitrogens is 1. The average molecular weight is 243 g/mol. The number of nitrogens with one attached hydrogen (secondary N) is 3. The predicted molar refractivity (Wildman–Crippen MR) is 72.8 cm³/mol. The molecule has 0 aliphatic carbocycles. The molecule has 0 bridgehead atoms. The Labute approximate surface area is 106 Å². The Balaban J connectivity index is 2.04. The third-order valence-corrected chi connectivity index (χ3v) is 3.71. The Hall–Kier alpha value is -1.81. The summed E-state index contributed by atoms with van der Waals surface area (Å²) in [5.74, 6) is 0.572. The summed E-state index contributed by atoms with van der Waals surface area (Å²) in [6, 6.07) is 6.21. The van der Waals surface area contributed by atoms with Crippen LogP contribution < -0.4 is 10.6 Å². The molecule has 1 aromatic heterocycles. The Morgan fingerprint density at radius 2 is 2.28 bits per heavy atom. The molecule has 3 N–H and O–H groups in total. The predicted octanol–water partition coefficient (Wildman–Crippen LogP) is 2.20. The molecule has 1 amide bonds. The van der Waals surface area contributed by atoms with Gasteiger partial charge in [0.15, 0.2) is 0 Å². The van der Waals surface area contributed by atoms with Gasteiger partial charge in [-0.25, -0.2) is 0 Å². The van der Waals surface area contributed by atoms with E-state index < -0.39 is 0 Å². The van der Waals surface area contributed by atoms with Gasteiger partial charge in [-0.1, -0.05) is 6.07 Å². The molecule has 1 unspecified atom stereocenters. The average Bonchev–Trinajstić information content (AvgIpc) is 2.90. The van der Waals surface area contributed by atoms with E-state index in [0.29, 0.717) is 5.92 Å². The molecule has 1 aliphatic rings. The van der Waals surface area contributed by atoms with Crippen molar-refractivity contribution in [1.82, 2.24) is 10.3 Å². The van der Waals surface area contributed by atoms with Gasteiger partial charge in [0, 0.05) is 18.1 Å². The number of hydrogen-bond acceptors (Lipinski definition) is 2. The lowest BCUT2D eigenvalue weighted by Crippen LogP contribution is -2.28. The summed E-state index contributed by atoms with van der Waals surface area (Å²) < 4.78 is 0. The molecule has 4 heteroatoms. The van der Waals surface area contributed by atoms with E-state index >= 15 is 0 Å². The van der Waals surface area contributed by atoms with Gasteiger partial charge in [0.05, 0.1) is 11.2 Å². The van der Waals surface area contributed by atoms with E-state index in [-0.39, 0.29) is 0 Å². The molecule has 1 aromatic carbocycles. The summed E-state index contributed by atoms with van der Waals surface area (Å²) in [4.78, 5) is 13.8. The van der Waals surface area contributed by atoms with Gasteiger partial charge in [-0.05, 0) is 43.0 Å². The SMILES string of the molecule is O=CNc1ccc(C2CCCNC2)c2cc[nH]c12. The van der Waals surface area contributed by atoms with Crippen LogP contribution in [0.5, 0.6) is 0 Å². The third-order valence-electron chi connectivity index (χ3n) is 3.71. The van der Waals surface area contributed by atoms with Crippen molar-refractivity contribution in [3.05, 3.63) is 30.0 Å². The number of aromatic amines is 1. The summed E-state index contributed by atoms with van der Waals surface area (Å²) in [6.45, 7) is 2.16. The molecule has 0 spiro atoms. The zero-order valence-corrected chi connectivity index (χ0v) is 10.2. The highest BCUT2D eigenvalue weighted by Gasteiger charge is 2.18. The number of carbonyl (C=O) groups excluding carboxylic acids is 1. The van der Waals surface area contributed by atoms with Crippen LogP contribution in [0.2, 0.25) is 0 Å². The molecule has 0 saturated carbocycles. The third kappa shape index (κ3) is 1.88. The van der Waals surface area contributed by atoms with Crippen LogP contribution in [0.4, 0.5) is 5.69 Å². The highest BCUT2D eigenvalue weighted by atomic mass is 16.1. The molecule has 0 radical (unpaired) electrons. The summed E-state index contributed by atoms with van der Waals surface area (Å²) >= 11 is 0. The Bertz CT molecular complexity index is 555. The van der Waals surface area contributed by atoms with Crippen LogP contribution in [0.1, 0.15) is 24.3 Å². The first-order valence-electron chi connectivity index (χ1n) is 6.41. The number of piperidine rings is 1. The Morgan fingerprint density at radius 1 is 1.33 bits per heavy atom. The molecular weight excluding hydrogens is 226 g/mol. The van der Waals surface area contributed by atoms with Crippen LogP contribution in [0, 0.1) is 0 Å². The van der Waals surface area contributed by atoms with Crippen molar-refractivity contribution in [3.63, 3.8) is 0 Å². The molecule has 94 valence electrons. The number of aromatic nitrogens is 1. The quantitative estimate of drug-likeness (QED) is 0.724. The summed E-state index contributed by atoms with van der Waals surface area (Å²) in [5.41, 5.74) is 3.23. The molecular formula is C14H17N3O. The number of amides is 1. The first kappa shape index (κ1) is 11.3. The van der Waals surface area contributed by atoms with Gasteiger partial charge in [0.2, 0.25) is 6.41 Å². The van der Waals surface area contributed by atoms with Crippen molar-refractivity contribution in [2.45, 2.75) is 18.8 Å². The van der Waals surface area contributed by atoms with Crippen molar-refractivity contribution < 1.29 is 4.79 Å². The lowest BCUT2D eigenvalue weighted by molar-refractivity contribution is -0.105. The second-order valence-electron chi connectivity index (χ2n) is 4.77. The molecule has 2 heterocycles. The molecule has 18 heavy (non-hydrogen) atoms. The maximum absolute atomic E-state index is 10.6. The van der Waals surface area contributed by atoms with Crippen molar-refractivity contribution >= 4 is 23.0 Å². The normalized spacial score (nSPS) is 19.9. The fourth-order valence-electron chi connectivity index (χ4n) is 2.84. The first-order chi connectivity index (χ1) is 8.90. The molecule has 1 aliphatic heterocycles. The number of carbonyl (C=O) groups is 1. The lowest BCUT2D eigenvalue weighted by Gasteiger charge is -2.24. The Kier molecular flexibility index (Phi) is 3.02. The fraction of sp³-hybridized carbons (Fsp3) is 0.357. The number of benzene rings is 1. The molecule has 2 aromatic rings. The van der Waals surface area contributed by atoms with Crippen LogP contribution in [0.25, 0.3) is 10.9 Å². The highest BCUT2D eigenvalue weighted by molar-refractivity contribution is 5.97. The maximum Gasteiger partial charge on any atom is 0.211 e. The monoisotopic (exact) mass is 243 g/mol.